The van der Waals surface area contributed by atoms with Crippen LogP contribution in [0.3, 0.4) is 0 Å². The van der Waals surface area contributed by atoms with E-state index in [9.17, 15) is 4.79 Å². The molecule has 0 atom stereocenters. The molecule has 94 valence electrons. The highest BCUT2D eigenvalue weighted by molar-refractivity contribution is 5.92. The summed E-state index contributed by atoms with van der Waals surface area (Å²) in [4.78, 5) is 13.9. The number of hydrogen-bond donors (Lipinski definition) is 2. The van der Waals surface area contributed by atoms with Crippen LogP contribution in [0.4, 0.5) is 11.4 Å². The molecule has 0 heterocycles. The van der Waals surface area contributed by atoms with Gasteiger partial charge in [0.05, 0.1) is 6.54 Å². The Kier molecular flexibility index (Phi) is 4.97. The first-order valence-electron chi connectivity index (χ1n) is 5.92. The van der Waals surface area contributed by atoms with Crippen molar-refractivity contribution < 1.29 is 4.79 Å². The topological polar surface area (TPSA) is 58.4 Å². The Hall–Kier alpha value is -1.55. The lowest BCUT2D eigenvalue weighted by molar-refractivity contribution is -0.117. The lowest BCUT2D eigenvalue weighted by Crippen LogP contribution is -2.37. The summed E-state index contributed by atoms with van der Waals surface area (Å²) in [6.45, 7) is 7.48. The number of benzene rings is 1. The number of nitrogen functional groups attached to an aromatic ring is 1. The van der Waals surface area contributed by atoms with Crippen LogP contribution in [0.25, 0.3) is 0 Å². The molecular formula is C13H21N3O. The van der Waals surface area contributed by atoms with Gasteiger partial charge in [-0.1, -0.05) is 13.0 Å². The van der Waals surface area contributed by atoms with Crippen LogP contribution >= 0.6 is 0 Å². The van der Waals surface area contributed by atoms with Gasteiger partial charge in [-0.3, -0.25) is 9.69 Å². The van der Waals surface area contributed by atoms with E-state index in [2.05, 4.69) is 24.1 Å². The number of amides is 1. The fraction of sp³-hybridized carbons (Fsp3) is 0.462. The van der Waals surface area contributed by atoms with E-state index < -0.39 is 0 Å². The van der Waals surface area contributed by atoms with Crippen molar-refractivity contribution in [2.45, 2.75) is 26.8 Å². The zero-order valence-electron chi connectivity index (χ0n) is 10.7. The van der Waals surface area contributed by atoms with Crippen molar-refractivity contribution in [2.75, 3.05) is 24.1 Å². The molecule has 0 aromatic heterocycles. The van der Waals surface area contributed by atoms with Crippen LogP contribution < -0.4 is 11.1 Å². The van der Waals surface area contributed by atoms with Gasteiger partial charge in [0.1, 0.15) is 0 Å². The third kappa shape index (κ3) is 4.44. The first kappa shape index (κ1) is 13.5. The fourth-order valence-corrected chi connectivity index (χ4v) is 1.66. The van der Waals surface area contributed by atoms with Gasteiger partial charge in [-0.25, -0.2) is 0 Å². The predicted molar refractivity (Wildman–Crippen MR) is 71.9 cm³/mol. The van der Waals surface area contributed by atoms with E-state index in [-0.39, 0.29) is 5.91 Å². The molecule has 4 heteroatoms. The maximum Gasteiger partial charge on any atom is 0.238 e. The molecule has 0 spiro atoms. The van der Waals surface area contributed by atoms with Crippen molar-refractivity contribution in [3.8, 4) is 0 Å². The quantitative estimate of drug-likeness (QED) is 0.767. The maximum absolute atomic E-state index is 11.8. The average Bonchev–Trinajstić information content (AvgIpc) is 2.25. The van der Waals surface area contributed by atoms with Crippen LogP contribution in [0.15, 0.2) is 24.3 Å². The molecule has 0 radical (unpaired) electrons. The highest BCUT2D eigenvalue weighted by Crippen LogP contribution is 2.11. The largest absolute Gasteiger partial charge is 0.399 e. The van der Waals surface area contributed by atoms with Gasteiger partial charge in [0, 0.05) is 17.4 Å². The molecule has 4 nitrogen and oxygen atoms in total. The Morgan fingerprint density at radius 1 is 1.47 bits per heavy atom. The third-order valence-electron chi connectivity index (χ3n) is 2.65. The van der Waals surface area contributed by atoms with Crippen molar-refractivity contribution in [1.82, 2.24) is 4.90 Å². The number of likely N-dealkylation sites (N-methyl/N-ethyl adjacent to an activating group) is 1. The number of carbonyl (C=O) groups is 1. The Bertz CT molecular complexity index is 377. The van der Waals surface area contributed by atoms with Gasteiger partial charge >= 0.3 is 0 Å². The number of nitrogens with two attached hydrogens (primary N) is 1. The average molecular weight is 235 g/mol. The second-order valence-electron chi connectivity index (χ2n) is 4.33. The minimum Gasteiger partial charge on any atom is -0.399 e. The molecule has 0 fully saturated rings. The SMILES string of the molecule is CCN(CC(=O)Nc1cccc(N)c1)C(C)C. The lowest BCUT2D eigenvalue weighted by atomic mass is 10.2. The molecule has 1 amide bonds. The molecule has 0 aliphatic carbocycles. The zero-order chi connectivity index (χ0) is 12.8. The highest BCUT2D eigenvalue weighted by atomic mass is 16.2. The molecule has 0 saturated carbocycles. The molecule has 3 N–H and O–H groups in total. The smallest absolute Gasteiger partial charge is 0.238 e. The van der Waals surface area contributed by atoms with E-state index in [0.717, 1.165) is 12.2 Å². The minimum absolute atomic E-state index is 0.00819. The van der Waals surface area contributed by atoms with Crippen LogP contribution in [-0.2, 0) is 4.79 Å². The van der Waals surface area contributed by atoms with Gasteiger partial charge in [-0.2, -0.15) is 0 Å². The van der Waals surface area contributed by atoms with Crippen molar-refractivity contribution in [2.24, 2.45) is 0 Å². The number of carbonyl (C=O) groups excluding carboxylic acids is 1. The Morgan fingerprint density at radius 3 is 2.71 bits per heavy atom. The number of hydrogen-bond acceptors (Lipinski definition) is 3. The summed E-state index contributed by atoms with van der Waals surface area (Å²) in [7, 11) is 0. The summed E-state index contributed by atoms with van der Waals surface area (Å²) < 4.78 is 0. The van der Waals surface area contributed by atoms with E-state index in [4.69, 9.17) is 5.73 Å². The molecule has 0 aliphatic heterocycles. The molecule has 0 bridgehead atoms. The Morgan fingerprint density at radius 2 is 2.18 bits per heavy atom. The first-order valence-corrected chi connectivity index (χ1v) is 5.92. The molecule has 0 saturated heterocycles. The Balaban J connectivity index is 2.55. The standard InChI is InChI=1S/C13H21N3O/c1-4-16(10(2)3)9-13(17)15-12-7-5-6-11(14)8-12/h5-8,10H,4,9,14H2,1-3H3,(H,15,17). The van der Waals surface area contributed by atoms with Gasteiger partial charge in [-0.15, -0.1) is 0 Å². The number of nitrogens with zero attached hydrogens (tertiary/aromatic N) is 1. The lowest BCUT2D eigenvalue weighted by Gasteiger charge is -2.23. The maximum atomic E-state index is 11.8. The summed E-state index contributed by atoms with van der Waals surface area (Å²) in [5.41, 5.74) is 7.05. The highest BCUT2D eigenvalue weighted by Gasteiger charge is 2.11. The molecule has 0 aliphatic rings. The molecule has 1 rings (SSSR count). The molecule has 1 aromatic carbocycles. The van der Waals surface area contributed by atoms with E-state index in [1.165, 1.54) is 0 Å². The predicted octanol–water partition coefficient (Wildman–Crippen LogP) is 1.94. The Labute approximate surface area is 103 Å². The van der Waals surface area contributed by atoms with Gasteiger partial charge in [-0.05, 0) is 38.6 Å². The first-order chi connectivity index (χ1) is 8.02. The van der Waals surface area contributed by atoms with E-state index in [0.29, 0.717) is 18.3 Å². The summed E-state index contributed by atoms with van der Waals surface area (Å²) in [6, 6.07) is 7.57. The summed E-state index contributed by atoms with van der Waals surface area (Å²) >= 11 is 0. The van der Waals surface area contributed by atoms with E-state index >= 15 is 0 Å². The third-order valence-corrected chi connectivity index (χ3v) is 2.65. The van der Waals surface area contributed by atoms with Crippen LogP contribution in [0.1, 0.15) is 20.8 Å². The van der Waals surface area contributed by atoms with Gasteiger partial charge in [0.15, 0.2) is 0 Å². The zero-order valence-corrected chi connectivity index (χ0v) is 10.7. The van der Waals surface area contributed by atoms with E-state index in [1.54, 1.807) is 12.1 Å². The molecular weight excluding hydrogens is 214 g/mol. The van der Waals surface area contributed by atoms with Crippen molar-refractivity contribution in [1.29, 1.82) is 0 Å². The second-order valence-corrected chi connectivity index (χ2v) is 4.33. The van der Waals surface area contributed by atoms with Crippen LogP contribution in [0.2, 0.25) is 0 Å². The fourth-order valence-electron chi connectivity index (χ4n) is 1.66. The molecule has 0 unspecified atom stereocenters. The van der Waals surface area contributed by atoms with Crippen molar-refractivity contribution in [3.05, 3.63) is 24.3 Å². The van der Waals surface area contributed by atoms with Gasteiger partial charge < -0.3 is 11.1 Å². The van der Waals surface area contributed by atoms with Crippen LogP contribution in [-0.4, -0.2) is 29.9 Å². The summed E-state index contributed by atoms with van der Waals surface area (Å²) in [6.07, 6.45) is 0. The molecule has 1 aromatic rings. The molecule has 17 heavy (non-hydrogen) atoms. The van der Waals surface area contributed by atoms with Crippen LogP contribution in [0, 0.1) is 0 Å². The minimum atomic E-state index is -0.00819. The normalized spacial score (nSPS) is 10.9. The van der Waals surface area contributed by atoms with E-state index in [1.807, 2.05) is 19.1 Å². The summed E-state index contributed by atoms with van der Waals surface area (Å²) in [5.74, 6) is -0.00819. The van der Waals surface area contributed by atoms with Crippen LogP contribution in [0.5, 0.6) is 0 Å². The van der Waals surface area contributed by atoms with Gasteiger partial charge in [0.2, 0.25) is 5.91 Å². The van der Waals surface area contributed by atoms with Crippen molar-refractivity contribution >= 4 is 17.3 Å². The number of anilines is 2. The number of nitrogens with one attached hydrogen (secondary N) is 1. The van der Waals surface area contributed by atoms with Gasteiger partial charge in [0.25, 0.3) is 0 Å². The number of rotatable bonds is 5. The second kappa shape index (κ2) is 6.25. The summed E-state index contributed by atoms with van der Waals surface area (Å²) in [5, 5.41) is 2.84. The monoisotopic (exact) mass is 235 g/mol. The van der Waals surface area contributed by atoms with Crippen molar-refractivity contribution in [3.63, 3.8) is 0 Å².